The Morgan fingerprint density at radius 2 is 1.75 bits per heavy atom. The number of hydrogen-bond donors (Lipinski definition) is 0. The molecule has 0 atom stereocenters. The molecule has 0 saturated heterocycles. The molecule has 0 unspecified atom stereocenters. The minimum absolute atomic E-state index is 0.0329. The van der Waals surface area contributed by atoms with Crippen LogP contribution in [0.1, 0.15) is 16.8 Å². The summed E-state index contributed by atoms with van der Waals surface area (Å²) >= 11 is 0. The molecule has 0 bridgehead atoms. The standard InChI is InChI=1S/C19H18N2O3/c1-13-7-9-14(10-8-13)12-21-19(23)16-6-4-3-5-15(16)17(20-21)11-18(22)24-2/h3-10H,11-12H2,1-2H3. The maximum atomic E-state index is 12.7. The van der Waals surface area contributed by atoms with Crippen LogP contribution in [0.4, 0.5) is 0 Å². The van der Waals surface area contributed by atoms with Gasteiger partial charge in [-0.15, -0.1) is 0 Å². The van der Waals surface area contributed by atoms with Gasteiger partial charge < -0.3 is 4.74 Å². The van der Waals surface area contributed by atoms with E-state index in [2.05, 4.69) is 5.10 Å². The third kappa shape index (κ3) is 3.20. The number of aromatic nitrogens is 2. The number of aryl methyl sites for hydroxylation is 1. The molecule has 0 saturated carbocycles. The van der Waals surface area contributed by atoms with Crippen LogP contribution in [0.15, 0.2) is 53.3 Å². The van der Waals surface area contributed by atoms with E-state index in [0.29, 0.717) is 23.0 Å². The summed E-state index contributed by atoms with van der Waals surface area (Å²) in [6.07, 6.45) is 0.0329. The number of esters is 1. The first-order chi connectivity index (χ1) is 11.6. The summed E-state index contributed by atoms with van der Waals surface area (Å²) in [6, 6.07) is 15.1. The van der Waals surface area contributed by atoms with E-state index in [1.54, 1.807) is 12.1 Å². The number of benzene rings is 2. The van der Waals surface area contributed by atoms with Gasteiger partial charge >= 0.3 is 5.97 Å². The molecule has 0 aliphatic heterocycles. The van der Waals surface area contributed by atoms with Gasteiger partial charge in [0.1, 0.15) is 0 Å². The van der Waals surface area contributed by atoms with Gasteiger partial charge in [0.05, 0.1) is 31.2 Å². The molecule has 0 amide bonds. The predicted octanol–water partition coefficient (Wildman–Crippen LogP) is 2.47. The molecule has 0 aliphatic carbocycles. The highest BCUT2D eigenvalue weighted by Gasteiger charge is 2.14. The summed E-state index contributed by atoms with van der Waals surface area (Å²) in [5, 5.41) is 5.65. The van der Waals surface area contributed by atoms with E-state index in [9.17, 15) is 9.59 Å². The van der Waals surface area contributed by atoms with Crippen molar-refractivity contribution >= 4 is 16.7 Å². The van der Waals surface area contributed by atoms with Crippen molar-refractivity contribution < 1.29 is 9.53 Å². The summed E-state index contributed by atoms with van der Waals surface area (Å²) in [6.45, 7) is 2.37. The van der Waals surface area contributed by atoms with Gasteiger partial charge in [-0.1, -0.05) is 48.0 Å². The molecule has 0 N–H and O–H groups in total. The Morgan fingerprint density at radius 3 is 2.42 bits per heavy atom. The minimum atomic E-state index is -0.381. The molecular formula is C19H18N2O3. The van der Waals surface area contributed by atoms with E-state index in [4.69, 9.17) is 4.74 Å². The molecule has 2 aromatic carbocycles. The Labute approximate surface area is 139 Å². The molecule has 1 aromatic heterocycles. The summed E-state index contributed by atoms with van der Waals surface area (Å²) in [4.78, 5) is 24.4. The van der Waals surface area contributed by atoms with Crippen LogP contribution in [0.2, 0.25) is 0 Å². The fourth-order valence-electron chi connectivity index (χ4n) is 2.62. The Hall–Kier alpha value is -2.95. The first kappa shape index (κ1) is 15.9. The van der Waals surface area contributed by atoms with Crippen LogP contribution in [0.5, 0.6) is 0 Å². The fraction of sp³-hybridized carbons (Fsp3) is 0.211. The lowest BCUT2D eigenvalue weighted by Crippen LogP contribution is -2.26. The lowest BCUT2D eigenvalue weighted by Gasteiger charge is -2.11. The highest BCUT2D eigenvalue weighted by atomic mass is 16.5. The second-order valence-corrected chi connectivity index (χ2v) is 5.69. The van der Waals surface area contributed by atoms with Crippen molar-refractivity contribution in [2.75, 3.05) is 7.11 Å². The van der Waals surface area contributed by atoms with Gasteiger partial charge in [-0.3, -0.25) is 9.59 Å². The maximum Gasteiger partial charge on any atom is 0.311 e. The molecule has 122 valence electrons. The number of ether oxygens (including phenoxy) is 1. The average Bonchev–Trinajstić information content (AvgIpc) is 2.60. The van der Waals surface area contributed by atoms with Crippen LogP contribution >= 0.6 is 0 Å². The lowest BCUT2D eigenvalue weighted by atomic mass is 10.1. The van der Waals surface area contributed by atoms with Crippen LogP contribution in [0, 0.1) is 6.92 Å². The van der Waals surface area contributed by atoms with E-state index in [-0.39, 0.29) is 17.9 Å². The van der Waals surface area contributed by atoms with E-state index in [1.165, 1.54) is 11.8 Å². The molecule has 5 heteroatoms. The van der Waals surface area contributed by atoms with Crippen LogP contribution in [-0.2, 0) is 22.5 Å². The predicted molar refractivity (Wildman–Crippen MR) is 92.0 cm³/mol. The largest absolute Gasteiger partial charge is 0.469 e. The Bertz CT molecular complexity index is 943. The van der Waals surface area contributed by atoms with Gasteiger partial charge in [-0.2, -0.15) is 5.10 Å². The highest BCUT2D eigenvalue weighted by molar-refractivity contribution is 5.86. The van der Waals surface area contributed by atoms with Gasteiger partial charge in [0, 0.05) is 5.39 Å². The van der Waals surface area contributed by atoms with Gasteiger partial charge in [0.2, 0.25) is 0 Å². The number of fused-ring (bicyclic) bond motifs is 1. The number of methoxy groups -OCH3 is 1. The monoisotopic (exact) mass is 322 g/mol. The molecule has 0 spiro atoms. The van der Waals surface area contributed by atoms with Crippen molar-refractivity contribution in [1.82, 2.24) is 9.78 Å². The van der Waals surface area contributed by atoms with Crippen molar-refractivity contribution in [2.24, 2.45) is 0 Å². The van der Waals surface area contributed by atoms with Crippen molar-refractivity contribution in [3.05, 3.63) is 75.7 Å². The van der Waals surface area contributed by atoms with E-state index >= 15 is 0 Å². The number of carbonyl (C=O) groups excluding carboxylic acids is 1. The fourth-order valence-corrected chi connectivity index (χ4v) is 2.62. The summed E-state index contributed by atoms with van der Waals surface area (Å²) in [5.74, 6) is -0.381. The zero-order valence-corrected chi connectivity index (χ0v) is 13.7. The molecule has 0 aliphatic rings. The van der Waals surface area contributed by atoms with Gasteiger partial charge in [-0.25, -0.2) is 4.68 Å². The molecule has 1 heterocycles. The highest BCUT2D eigenvalue weighted by Crippen LogP contribution is 2.15. The number of carbonyl (C=O) groups is 1. The van der Waals surface area contributed by atoms with Crippen molar-refractivity contribution in [2.45, 2.75) is 19.9 Å². The Balaban J connectivity index is 2.10. The molecule has 0 fully saturated rings. The minimum Gasteiger partial charge on any atom is -0.469 e. The molecule has 3 aromatic rings. The third-order valence-electron chi connectivity index (χ3n) is 3.94. The van der Waals surface area contributed by atoms with Gasteiger partial charge in [0.15, 0.2) is 0 Å². The quantitative estimate of drug-likeness (QED) is 0.692. The number of rotatable bonds is 4. The first-order valence-electron chi connectivity index (χ1n) is 7.69. The lowest BCUT2D eigenvalue weighted by molar-refractivity contribution is -0.139. The summed E-state index contributed by atoms with van der Waals surface area (Å²) < 4.78 is 6.15. The zero-order chi connectivity index (χ0) is 17.1. The molecular weight excluding hydrogens is 304 g/mol. The van der Waals surface area contributed by atoms with Crippen molar-refractivity contribution in [3.8, 4) is 0 Å². The zero-order valence-electron chi connectivity index (χ0n) is 13.7. The molecule has 3 rings (SSSR count). The van der Waals surface area contributed by atoms with Crippen LogP contribution in [0.25, 0.3) is 10.8 Å². The van der Waals surface area contributed by atoms with E-state index in [1.807, 2.05) is 43.3 Å². The van der Waals surface area contributed by atoms with Gasteiger partial charge in [-0.05, 0) is 18.6 Å². The molecule has 0 radical (unpaired) electrons. The van der Waals surface area contributed by atoms with Crippen LogP contribution in [0.3, 0.4) is 0 Å². The normalized spacial score (nSPS) is 10.8. The van der Waals surface area contributed by atoms with Gasteiger partial charge in [0.25, 0.3) is 5.56 Å². The second-order valence-electron chi connectivity index (χ2n) is 5.69. The van der Waals surface area contributed by atoms with E-state index < -0.39 is 0 Å². The maximum absolute atomic E-state index is 12.7. The van der Waals surface area contributed by atoms with Crippen LogP contribution < -0.4 is 5.56 Å². The average molecular weight is 322 g/mol. The second kappa shape index (κ2) is 6.66. The molecule has 24 heavy (non-hydrogen) atoms. The Kier molecular flexibility index (Phi) is 4.42. The van der Waals surface area contributed by atoms with Crippen molar-refractivity contribution in [3.63, 3.8) is 0 Å². The SMILES string of the molecule is COC(=O)Cc1nn(Cc2ccc(C)cc2)c(=O)c2ccccc12. The summed E-state index contributed by atoms with van der Waals surface area (Å²) in [7, 11) is 1.34. The topological polar surface area (TPSA) is 61.2 Å². The van der Waals surface area contributed by atoms with E-state index in [0.717, 1.165) is 11.1 Å². The number of hydrogen-bond acceptors (Lipinski definition) is 4. The number of nitrogens with zero attached hydrogens (tertiary/aromatic N) is 2. The van der Waals surface area contributed by atoms with Crippen LogP contribution in [-0.4, -0.2) is 22.9 Å². The molecule has 5 nitrogen and oxygen atoms in total. The summed E-state index contributed by atoms with van der Waals surface area (Å²) in [5.41, 5.74) is 2.52. The smallest absolute Gasteiger partial charge is 0.311 e. The third-order valence-corrected chi connectivity index (χ3v) is 3.94. The Morgan fingerprint density at radius 1 is 1.08 bits per heavy atom. The van der Waals surface area contributed by atoms with Crippen molar-refractivity contribution in [1.29, 1.82) is 0 Å². The first-order valence-corrected chi connectivity index (χ1v) is 7.69.